The van der Waals surface area contributed by atoms with E-state index in [1.54, 1.807) is 19.9 Å². The van der Waals surface area contributed by atoms with Crippen molar-refractivity contribution in [3.63, 3.8) is 0 Å². The molecular formula is C12H16FN3O2. The van der Waals surface area contributed by atoms with E-state index in [9.17, 15) is 14.0 Å². The van der Waals surface area contributed by atoms with Crippen LogP contribution in [0.4, 0.5) is 14.9 Å². The van der Waals surface area contributed by atoms with Gasteiger partial charge in [0.2, 0.25) is 5.91 Å². The first-order valence-corrected chi connectivity index (χ1v) is 5.52. The lowest BCUT2D eigenvalue weighted by molar-refractivity contribution is -0.118. The summed E-state index contributed by atoms with van der Waals surface area (Å²) in [4.78, 5) is 22.7. The van der Waals surface area contributed by atoms with Crippen LogP contribution in [0.2, 0.25) is 0 Å². The molecule has 0 aliphatic rings. The van der Waals surface area contributed by atoms with Crippen LogP contribution in [0, 0.1) is 11.7 Å². The highest BCUT2D eigenvalue weighted by molar-refractivity contribution is 5.97. The monoisotopic (exact) mass is 253 g/mol. The van der Waals surface area contributed by atoms with Crippen LogP contribution in [-0.4, -0.2) is 18.0 Å². The number of rotatable bonds is 4. The minimum Gasteiger partial charge on any atom is -0.352 e. The summed E-state index contributed by atoms with van der Waals surface area (Å²) in [5.41, 5.74) is 5.33. The number of amides is 3. The number of nitrogens with two attached hydrogens (primary N) is 1. The summed E-state index contributed by atoms with van der Waals surface area (Å²) in [5.74, 6) is -1.02. The number of hydrogen-bond acceptors (Lipinski definition) is 2. The van der Waals surface area contributed by atoms with Crippen molar-refractivity contribution in [2.45, 2.75) is 19.9 Å². The topological polar surface area (TPSA) is 84.2 Å². The molecule has 1 atom stereocenters. The third-order valence-electron chi connectivity index (χ3n) is 2.34. The van der Waals surface area contributed by atoms with Crippen LogP contribution in [0.15, 0.2) is 24.3 Å². The Kier molecular flexibility index (Phi) is 4.65. The quantitative estimate of drug-likeness (QED) is 0.759. The predicted molar refractivity (Wildman–Crippen MR) is 66.4 cm³/mol. The van der Waals surface area contributed by atoms with Crippen molar-refractivity contribution in [2.24, 2.45) is 11.7 Å². The van der Waals surface area contributed by atoms with Gasteiger partial charge in [0.1, 0.15) is 11.9 Å². The second-order valence-electron chi connectivity index (χ2n) is 4.23. The van der Waals surface area contributed by atoms with Crippen molar-refractivity contribution < 1.29 is 14.0 Å². The largest absolute Gasteiger partial charge is 0.352 e. The Bertz CT molecular complexity index is 449. The van der Waals surface area contributed by atoms with E-state index in [2.05, 4.69) is 10.6 Å². The van der Waals surface area contributed by atoms with Crippen molar-refractivity contribution in [1.82, 2.24) is 5.32 Å². The van der Waals surface area contributed by atoms with E-state index >= 15 is 0 Å². The average molecular weight is 253 g/mol. The smallest absolute Gasteiger partial charge is 0.312 e. The molecule has 3 amide bonds. The van der Waals surface area contributed by atoms with Gasteiger partial charge in [-0.2, -0.15) is 0 Å². The molecule has 5 nitrogen and oxygen atoms in total. The molecule has 0 fully saturated rings. The molecule has 1 rings (SSSR count). The fourth-order valence-corrected chi connectivity index (χ4v) is 1.47. The maximum absolute atomic E-state index is 12.9. The van der Waals surface area contributed by atoms with Crippen LogP contribution in [-0.2, 0) is 4.79 Å². The highest BCUT2D eigenvalue weighted by Gasteiger charge is 2.23. The van der Waals surface area contributed by atoms with E-state index in [1.807, 2.05) is 0 Å². The Hall–Kier alpha value is -2.11. The van der Waals surface area contributed by atoms with Gasteiger partial charge in [-0.05, 0) is 24.1 Å². The predicted octanol–water partition coefficient (Wildman–Crippen LogP) is 1.46. The number of nitrogens with one attached hydrogen (secondary N) is 2. The Balaban J connectivity index is 2.75. The lowest BCUT2D eigenvalue weighted by Crippen LogP contribution is -2.49. The maximum atomic E-state index is 12.9. The summed E-state index contributed by atoms with van der Waals surface area (Å²) in [6.07, 6.45) is 0. The molecule has 0 radical (unpaired) electrons. The number of hydrogen-bond donors (Lipinski definition) is 3. The van der Waals surface area contributed by atoms with Crippen molar-refractivity contribution in [1.29, 1.82) is 0 Å². The summed E-state index contributed by atoms with van der Waals surface area (Å²) in [7, 11) is 0. The van der Waals surface area contributed by atoms with Crippen LogP contribution in [0.5, 0.6) is 0 Å². The number of halogens is 1. The van der Waals surface area contributed by atoms with Crippen LogP contribution in [0.3, 0.4) is 0 Å². The molecule has 1 unspecified atom stereocenters. The lowest BCUT2D eigenvalue weighted by atomic mass is 10.0. The molecular weight excluding hydrogens is 237 g/mol. The van der Waals surface area contributed by atoms with Crippen molar-refractivity contribution in [3.05, 3.63) is 30.1 Å². The van der Waals surface area contributed by atoms with E-state index in [4.69, 9.17) is 5.73 Å². The fourth-order valence-electron chi connectivity index (χ4n) is 1.47. The van der Waals surface area contributed by atoms with Crippen LogP contribution in [0.1, 0.15) is 13.8 Å². The number of carbonyl (C=O) groups excluding carboxylic acids is 2. The molecule has 6 heteroatoms. The molecule has 0 aliphatic heterocycles. The number of urea groups is 1. The van der Waals surface area contributed by atoms with E-state index in [-0.39, 0.29) is 5.92 Å². The standard InChI is InChI=1S/C12H16FN3O2/c1-7(2)10(16-12(14)18)11(17)15-9-5-3-4-8(13)6-9/h3-7,10H,1-2H3,(H,15,17)(H3,14,16,18). The third kappa shape index (κ3) is 4.04. The molecule has 0 spiro atoms. The normalized spacial score (nSPS) is 12.0. The van der Waals surface area contributed by atoms with E-state index in [1.165, 1.54) is 18.2 Å². The van der Waals surface area contributed by atoms with Crippen LogP contribution >= 0.6 is 0 Å². The van der Waals surface area contributed by atoms with Gasteiger partial charge in [0.25, 0.3) is 0 Å². The van der Waals surface area contributed by atoms with Crippen LogP contribution in [0.25, 0.3) is 0 Å². The summed E-state index contributed by atoms with van der Waals surface area (Å²) >= 11 is 0. The Morgan fingerprint density at radius 2 is 2.00 bits per heavy atom. The highest BCUT2D eigenvalue weighted by Crippen LogP contribution is 2.11. The van der Waals surface area contributed by atoms with E-state index in [0.717, 1.165) is 0 Å². The van der Waals surface area contributed by atoms with Gasteiger partial charge in [-0.25, -0.2) is 9.18 Å². The Labute approximate surface area is 105 Å². The van der Waals surface area contributed by atoms with Gasteiger partial charge in [-0.1, -0.05) is 19.9 Å². The zero-order valence-corrected chi connectivity index (χ0v) is 10.2. The molecule has 4 N–H and O–H groups in total. The number of primary amides is 1. The van der Waals surface area contributed by atoms with E-state index < -0.39 is 23.8 Å². The minimum atomic E-state index is -0.775. The number of benzene rings is 1. The zero-order valence-electron chi connectivity index (χ0n) is 10.2. The van der Waals surface area contributed by atoms with Gasteiger partial charge in [0.05, 0.1) is 0 Å². The second-order valence-corrected chi connectivity index (χ2v) is 4.23. The molecule has 98 valence electrons. The Morgan fingerprint density at radius 3 is 2.50 bits per heavy atom. The molecule has 0 bridgehead atoms. The zero-order chi connectivity index (χ0) is 13.7. The first-order chi connectivity index (χ1) is 8.40. The lowest BCUT2D eigenvalue weighted by Gasteiger charge is -2.20. The third-order valence-corrected chi connectivity index (χ3v) is 2.34. The molecule has 18 heavy (non-hydrogen) atoms. The van der Waals surface area contributed by atoms with Gasteiger partial charge >= 0.3 is 6.03 Å². The molecule has 0 saturated carbocycles. The first-order valence-electron chi connectivity index (χ1n) is 5.52. The highest BCUT2D eigenvalue weighted by atomic mass is 19.1. The first kappa shape index (κ1) is 14.0. The molecule has 1 aromatic rings. The molecule has 1 aromatic carbocycles. The summed E-state index contributed by atoms with van der Waals surface area (Å²) in [6.45, 7) is 3.54. The fraction of sp³-hybridized carbons (Fsp3) is 0.333. The summed E-state index contributed by atoms with van der Waals surface area (Å²) in [5, 5.41) is 4.87. The molecule has 0 aliphatic carbocycles. The van der Waals surface area contributed by atoms with Gasteiger partial charge < -0.3 is 16.4 Å². The van der Waals surface area contributed by atoms with Gasteiger partial charge in [0.15, 0.2) is 0 Å². The van der Waals surface area contributed by atoms with Crippen molar-refractivity contribution in [3.8, 4) is 0 Å². The van der Waals surface area contributed by atoms with Crippen LogP contribution < -0.4 is 16.4 Å². The summed E-state index contributed by atoms with van der Waals surface area (Å²) in [6, 6.07) is 3.98. The van der Waals surface area contributed by atoms with Crippen molar-refractivity contribution >= 4 is 17.6 Å². The van der Waals surface area contributed by atoms with Gasteiger partial charge in [0, 0.05) is 5.69 Å². The maximum Gasteiger partial charge on any atom is 0.312 e. The molecule has 0 aromatic heterocycles. The molecule has 0 heterocycles. The Morgan fingerprint density at radius 1 is 1.33 bits per heavy atom. The SMILES string of the molecule is CC(C)C(NC(N)=O)C(=O)Nc1cccc(F)c1. The van der Waals surface area contributed by atoms with Gasteiger partial charge in [-0.3, -0.25) is 4.79 Å². The second kappa shape index (κ2) is 6.00. The summed E-state index contributed by atoms with van der Waals surface area (Å²) < 4.78 is 12.9. The van der Waals surface area contributed by atoms with Gasteiger partial charge in [-0.15, -0.1) is 0 Å². The minimum absolute atomic E-state index is 0.133. The van der Waals surface area contributed by atoms with E-state index in [0.29, 0.717) is 5.69 Å². The molecule has 0 saturated heterocycles. The van der Waals surface area contributed by atoms with Crippen molar-refractivity contribution in [2.75, 3.05) is 5.32 Å². The number of carbonyl (C=O) groups is 2. The average Bonchev–Trinajstić information content (AvgIpc) is 2.25. The number of anilines is 1.